The number of ether oxygens (including phenoxy) is 1. The highest BCUT2D eigenvalue weighted by Gasteiger charge is 2.22. The van der Waals surface area contributed by atoms with Crippen molar-refractivity contribution in [3.05, 3.63) is 16.1 Å². The van der Waals surface area contributed by atoms with Gasteiger partial charge in [-0.3, -0.25) is 0 Å². The first-order valence-electron chi connectivity index (χ1n) is 6.13. The molecule has 17 heavy (non-hydrogen) atoms. The maximum absolute atomic E-state index is 5.76. The van der Waals surface area contributed by atoms with Crippen LogP contribution in [-0.2, 0) is 11.3 Å². The monoisotopic (exact) mass is 255 g/mol. The fourth-order valence-electron chi connectivity index (χ4n) is 1.79. The molecule has 1 aromatic heterocycles. The van der Waals surface area contributed by atoms with Gasteiger partial charge in [0.05, 0.1) is 6.61 Å². The van der Waals surface area contributed by atoms with Crippen molar-refractivity contribution in [2.45, 2.75) is 32.5 Å². The van der Waals surface area contributed by atoms with Crippen molar-refractivity contribution in [2.75, 3.05) is 26.7 Å². The lowest BCUT2D eigenvalue weighted by Gasteiger charge is -2.28. The molecule has 0 spiro atoms. The van der Waals surface area contributed by atoms with Crippen molar-refractivity contribution in [3.8, 4) is 0 Å². The van der Waals surface area contributed by atoms with Gasteiger partial charge in [-0.2, -0.15) is 0 Å². The van der Waals surface area contributed by atoms with E-state index in [1.54, 1.807) is 11.3 Å². The summed E-state index contributed by atoms with van der Waals surface area (Å²) in [6.07, 6.45) is 2.12. The number of rotatable bonds is 4. The summed E-state index contributed by atoms with van der Waals surface area (Å²) in [5, 5.41) is 4.51. The van der Waals surface area contributed by atoms with Crippen LogP contribution in [0.5, 0.6) is 0 Å². The predicted octanol–water partition coefficient (Wildman–Crippen LogP) is 1.64. The number of nitrogens with one attached hydrogen (secondary N) is 1. The van der Waals surface area contributed by atoms with Crippen molar-refractivity contribution in [1.82, 2.24) is 15.2 Å². The molecular weight excluding hydrogens is 234 g/mol. The van der Waals surface area contributed by atoms with Crippen molar-refractivity contribution < 1.29 is 4.74 Å². The second kappa shape index (κ2) is 5.91. The summed E-state index contributed by atoms with van der Waals surface area (Å²) >= 11 is 1.76. The molecule has 2 heterocycles. The molecular formula is C12H21N3OS. The molecule has 1 atom stereocenters. The number of nitrogens with zero attached hydrogens (tertiary/aromatic N) is 2. The van der Waals surface area contributed by atoms with E-state index in [-0.39, 0.29) is 6.10 Å². The number of thiazole rings is 1. The summed E-state index contributed by atoms with van der Waals surface area (Å²) in [4.78, 5) is 8.06. The third-order valence-corrected chi connectivity index (χ3v) is 3.89. The van der Waals surface area contributed by atoms with Crippen LogP contribution < -0.4 is 5.32 Å². The van der Waals surface area contributed by atoms with E-state index >= 15 is 0 Å². The van der Waals surface area contributed by atoms with Gasteiger partial charge in [-0.1, -0.05) is 13.8 Å². The fraction of sp³-hybridized carbons (Fsp3) is 0.750. The standard InChI is InChI=1S/C12H21N3OS/c1-9(2)13-6-10-7-14-12(17-10)11-8-15(3)4-5-16-11/h7,9,11,13H,4-6,8H2,1-3H3. The molecule has 4 nitrogen and oxygen atoms in total. The lowest BCUT2D eigenvalue weighted by Crippen LogP contribution is -2.35. The lowest BCUT2D eigenvalue weighted by molar-refractivity contribution is -0.0209. The Morgan fingerprint density at radius 1 is 1.65 bits per heavy atom. The van der Waals surface area contributed by atoms with E-state index in [2.05, 4.69) is 36.1 Å². The second-order valence-corrected chi connectivity index (χ2v) is 5.97. The number of hydrogen-bond acceptors (Lipinski definition) is 5. The van der Waals surface area contributed by atoms with E-state index in [1.807, 2.05) is 6.20 Å². The number of hydrogen-bond donors (Lipinski definition) is 1. The van der Waals surface area contributed by atoms with Crippen LogP contribution in [0.4, 0.5) is 0 Å². The molecule has 0 amide bonds. The molecule has 0 aliphatic carbocycles. The van der Waals surface area contributed by atoms with Gasteiger partial charge in [-0.15, -0.1) is 11.3 Å². The molecule has 0 radical (unpaired) electrons. The number of aromatic nitrogens is 1. The van der Waals surface area contributed by atoms with Crippen LogP contribution in [0.1, 0.15) is 29.8 Å². The molecule has 1 fully saturated rings. The van der Waals surface area contributed by atoms with Crippen molar-refractivity contribution in [2.24, 2.45) is 0 Å². The van der Waals surface area contributed by atoms with E-state index in [4.69, 9.17) is 4.74 Å². The molecule has 1 unspecified atom stereocenters. The highest BCUT2D eigenvalue weighted by atomic mass is 32.1. The Morgan fingerprint density at radius 2 is 2.47 bits per heavy atom. The fourth-order valence-corrected chi connectivity index (χ4v) is 2.69. The topological polar surface area (TPSA) is 37.4 Å². The Balaban J connectivity index is 1.92. The van der Waals surface area contributed by atoms with Gasteiger partial charge in [0.1, 0.15) is 11.1 Å². The molecule has 2 rings (SSSR count). The van der Waals surface area contributed by atoms with Gasteiger partial charge in [0.15, 0.2) is 0 Å². The third kappa shape index (κ3) is 3.74. The minimum atomic E-state index is 0.159. The Hall–Kier alpha value is -0.490. The molecule has 0 bridgehead atoms. The zero-order valence-corrected chi connectivity index (χ0v) is 11.6. The second-order valence-electron chi connectivity index (χ2n) is 4.82. The Bertz CT molecular complexity index is 353. The average Bonchev–Trinajstić information content (AvgIpc) is 2.75. The maximum Gasteiger partial charge on any atom is 0.123 e. The van der Waals surface area contributed by atoms with Gasteiger partial charge in [-0.25, -0.2) is 4.98 Å². The SMILES string of the molecule is CC(C)NCc1cnc(C2CN(C)CCO2)s1. The largest absolute Gasteiger partial charge is 0.368 e. The van der Waals surface area contributed by atoms with Crippen LogP contribution in [0.3, 0.4) is 0 Å². The molecule has 1 N–H and O–H groups in total. The van der Waals surface area contributed by atoms with E-state index < -0.39 is 0 Å². The van der Waals surface area contributed by atoms with Crippen molar-refractivity contribution in [3.63, 3.8) is 0 Å². The summed E-state index contributed by atoms with van der Waals surface area (Å²) in [6, 6.07) is 0.512. The lowest BCUT2D eigenvalue weighted by atomic mass is 10.3. The zero-order valence-electron chi connectivity index (χ0n) is 10.8. The summed E-state index contributed by atoms with van der Waals surface area (Å²) in [5.74, 6) is 0. The predicted molar refractivity (Wildman–Crippen MR) is 70.3 cm³/mol. The highest BCUT2D eigenvalue weighted by molar-refractivity contribution is 7.11. The summed E-state index contributed by atoms with van der Waals surface area (Å²) < 4.78 is 5.76. The van der Waals surface area contributed by atoms with Crippen LogP contribution in [0, 0.1) is 0 Å². The molecule has 1 aliphatic rings. The molecule has 0 saturated carbocycles. The van der Waals surface area contributed by atoms with Crippen LogP contribution in [0.15, 0.2) is 6.20 Å². The molecule has 5 heteroatoms. The van der Waals surface area contributed by atoms with E-state index in [0.717, 1.165) is 31.2 Å². The average molecular weight is 255 g/mol. The minimum absolute atomic E-state index is 0.159. The first kappa shape index (κ1) is 13.0. The first-order valence-corrected chi connectivity index (χ1v) is 6.95. The molecule has 1 aliphatic heterocycles. The van der Waals surface area contributed by atoms with E-state index in [1.165, 1.54) is 4.88 Å². The number of morpholine rings is 1. The van der Waals surface area contributed by atoms with Gasteiger partial charge < -0.3 is 15.0 Å². The maximum atomic E-state index is 5.76. The smallest absolute Gasteiger partial charge is 0.123 e. The van der Waals surface area contributed by atoms with Gasteiger partial charge in [0, 0.05) is 36.8 Å². The summed E-state index contributed by atoms with van der Waals surface area (Å²) in [7, 11) is 2.13. The van der Waals surface area contributed by atoms with E-state index in [0.29, 0.717) is 6.04 Å². The van der Waals surface area contributed by atoms with Crippen LogP contribution in [0.25, 0.3) is 0 Å². The molecule has 96 valence electrons. The first-order chi connectivity index (χ1) is 8.15. The third-order valence-electron chi connectivity index (χ3n) is 2.80. The highest BCUT2D eigenvalue weighted by Crippen LogP contribution is 2.25. The molecule has 0 aromatic carbocycles. The van der Waals surface area contributed by atoms with Crippen LogP contribution in [-0.4, -0.2) is 42.7 Å². The Labute approximate surface area is 107 Å². The minimum Gasteiger partial charge on any atom is -0.368 e. The van der Waals surface area contributed by atoms with Crippen LogP contribution >= 0.6 is 11.3 Å². The summed E-state index contributed by atoms with van der Waals surface area (Å²) in [6.45, 7) is 7.98. The van der Waals surface area contributed by atoms with Gasteiger partial charge in [-0.05, 0) is 7.05 Å². The zero-order chi connectivity index (χ0) is 12.3. The van der Waals surface area contributed by atoms with Gasteiger partial charge >= 0.3 is 0 Å². The van der Waals surface area contributed by atoms with Gasteiger partial charge in [0.2, 0.25) is 0 Å². The van der Waals surface area contributed by atoms with Crippen LogP contribution in [0.2, 0.25) is 0 Å². The Kier molecular flexibility index (Phi) is 4.50. The Morgan fingerprint density at radius 3 is 3.18 bits per heavy atom. The van der Waals surface area contributed by atoms with E-state index in [9.17, 15) is 0 Å². The normalized spacial score (nSPS) is 22.2. The van der Waals surface area contributed by atoms with Crippen molar-refractivity contribution >= 4 is 11.3 Å². The van der Waals surface area contributed by atoms with Crippen molar-refractivity contribution in [1.29, 1.82) is 0 Å². The number of likely N-dealkylation sites (N-methyl/N-ethyl adjacent to an activating group) is 1. The summed E-state index contributed by atoms with van der Waals surface area (Å²) in [5.41, 5.74) is 0. The van der Waals surface area contributed by atoms with Gasteiger partial charge in [0.25, 0.3) is 0 Å². The molecule has 1 saturated heterocycles. The quantitative estimate of drug-likeness (QED) is 0.887. The molecule has 1 aromatic rings.